The molecule has 1 aromatic heterocycles. The topological polar surface area (TPSA) is 50.2 Å². The van der Waals surface area contributed by atoms with Crippen LogP contribution in [0.4, 0.5) is 0 Å². The highest BCUT2D eigenvalue weighted by atomic mass is 32.1. The van der Waals surface area contributed by atoms with Crippen LogP contribution in [0.1, 0.15) is 24.1 Å². The summed E-state index contributed by atoms with van der Waals surface area (Å²) in [7, 11) is 0. The van der Waals surface area contributed by atoms with Crippen molar-refractivity contribution in [1.29, 1.82) is 0 Å². The highest BCUT2D eigenvalue weighted by Crippen LogP contribution is 2.21. The summed E-state index contributed by atoms with van der Waals surface area (Å²) in [5.74, 6) is -0.675. The van der Waals surface area contributed by atoms with E-state index in [1.807, 2.05) is 13.0 Å². The first-order valence-electron chi connectivity index (χ1n) is 3.32. The van der Waals surface area contributed by atoms with Crippen LogP contribution in [0.3, 0.4) is 0 Å². The zero-order valence-corrected chi connectivity index (χ0v) is 6.97. The molecule has 4 heteroatoms. The molecule has 0 amide bonds. The van der Waals surface area contributed by atoms with Gasteiger partial charge < -0.3 is 5.11 Å². The lowest BCUT2D eigenvalue weighted by molar-refractivity contribution is -0.137. The molecule has 1 heterocycles. The van der Waals surface area contributed by atoms with Crippen molar-refractivity contribution in [3.8, 4) is 0 Å². The number of carbonyl (C=O) groups is 1. The smallest absolute Gasteiger partial charge is 0.303 e. The summed E-state index contributed by atoms with van der Waals surface area (Å²) in [5, 5.41) is 8.47. The zero-order chi connectivity index (χ0) is 8.27. The average Bonchev–Trinajstić information content (AvgIpc) is 2.35. The minimum atomic E-state index is -0.758. The number of hydrogen-bond acceptors (Lipinski definition) is 3. The first-order chi connectivity index (χ1) is 5.20. The Balaban J connectivity index is 2.56. The molecule has 0 saturated carbocycles. The van der Waals surface area contributed by atoms with Gasteiger partial charge in [0.05, 0.1) is 6.42 Å². The molecule has 0 fully saturated rings. The number of carboxylic acid groups (broad SMARTS) is 1. The molecule has 0 aliphatic heterocycles. The monoisotopic (exact) mass is 171 g/mol. The minimum absolute atomic E-state index is 0.0833. The lowest BCUT2D eigenvalue weighted by atomic mass is 10.1. The van der Waals surface area contributed by atoms with Gasteiger partial charge in [0.2, 0.25) is 0 Å². The van der Waals surface area contributed by atoms with Gasteiger partial charge in [-0.25, -0.2) is 4.37 Å². The Kier molecular flexibility index (Phi) is 2.59. The van der Waals surface area contributed by atoms with E-state index in [1.54, 1.807) is 6.20 Å². The number of aliphatic carboxylic acids is 1. The van der Waals surface area contributed by atoms with Crippen molar-refractivity contribution >= 4 is 17.5 Å². The van der Waals surface area contributed by atoms with Crippen LogP contribution >= 0.6 is 11.5 Å². The predicted octanol–water partition coefficient (Wildman–Crippen LogP) is 1.72. The number of rotatable bonds is 3. The van der Waals surface area contributed by atoms with Crippen LogP contribution in [0.25, 0.3) is 0 Å². The van der Waals surface area contributed by atoms with E-state index >= 15 is 0 Å². The Morgan fingerprint density at radius 1 is 1.91 bits per heavy atom. The van der Waals surface area contributed by atoms with Gasteiger partial charge in [0, 0.05) is 17.0 Å². The van der Waals surface area contributed by atoms with Gasteiger partial charge in [0.15, 0.2) is 0 Å². The van der Waals surface area contributed by atoms with E-state index < -0.39 is 5.97 Å². The van der Waals surface area contributed by atoms with Crippen LogP contribution in [0.5, 0.6) is 0 Å². The lowest BCUT2D eigenvalue weighted by Crippen LogP contribution is -2.00. The van der Waals surface area contributed by atoms with Crippen LogP contribution in [0.2, 0.25) is 0 Å². The van der Waals surface area contributed by atoms with Crippen molar-refractivity contribution in [1.82, 2.24) is 4.37 Å². The first kappa shape index (κ1) is 8.20. The molecule has 0 aliphatic carbocycles. The second-order valence-electron chi connectivity index (χ2n) is 2.41. The molecule has 60 valence electrons. The van der Waals surface area contributed by atoms with Crippen LogP contribution in [-0.2, 0) is 4.79 Å². The van der Waals surface area contributed by atoms with Gasteiger partial charge >= 0.3 is 5.97 Å². The molecule has 0 aliphatic rings. The van der Waals surface area contributed by atoms with Crippen LogP contribution in [0, 0.1) is 0 Å². The fourth-order valence-corrected chi connectivity index (χ4v) is 1.47. The quantitative estimate of drug-likeness (QED) is 0.753. The van der Waals surface area contributed by atoms with Gasteiger partial charge in [-0.05, 0) is 17.6 Å². The number of aromatic nitrogens is 1. The summed E-state index contributed by atoms with van der Waals surface area (Å²) in [6, 6.07) is 1.86. The maximum atomic E-state index is 10.3. The van der Waals surface area contributed by atoms with Gasteiger partial charge in [0.1, 0.15) is 0 Å². The summed E-state index contributed by atoms with van der Waals surface area (Å²) in [6.07, 6.45) is 1.88. The molecule has 0 bridgehead atoms. The molecule has 0 aromatic carbocycles. The Hall–Kier alpha value is -0.900. The second-order valence-corrected chi connectivity index (χ2v) is 3.28. The van der Waals surface area contributed by atoms with Gasteiger partial charge in [-0.1, -0.05) is 6.92 Å². The molecule has 0 radical (unpaired) electrons. The molecular formula is C7H9NO2S. The van der Waals surface area contributed by atoms with Crippen molar-refractivity contribution < 1.29 is 9.90 Å². The molecular weight excluding hydrogens is 162 g/mol. The third-order valence-electron chi connectivity index (χ3n) is 1.42. The van der Waals surface area contributed by atoms with E-state index in [0.717, 1.165) is 4.88 Å². The molecule has 1 rings (SSSR count). The van der Waals surface area contributed by atoms with Gasteiger partial charge in [0.25, 0.3) is 0 Å². The van der Waals surface area contributed by atoms with Crippen molar-refractivity contribution in [2.45, 2.75) is 19.3 Å². The Morgan fingerprint density at radius 3 is 3.09 bits per heavy atom. The van der Waals surface area contributed by atoms with Crippen molar-refractivity contribution in [2.24, 2.45) is 0 Å². The van der Waals surface area contributed by atoms with E-state index in [0.29, 0.717) is 0 Å². The first-order valence-corrected chi connectivity index (χ1v) is 4.10. The standard InChI is InChI=1S/C7H9NO2S/c1-5(4-7(9)10)6-2-3-8-11-6/h2-3,5H,4H2,1H3,(H,9,10). The summed E-state index contributed by atoms with van der Waals surface area (Å²) in [5.41, 5.74) is 0. The lowest BCUT2D eigenvalue weighted by Gasteiger charge is -2.02. The highest BCUT2D eigenvalue weighted by Gasteiger charge is 2.10. The van der Waals surface area contributed by atoms with E-state index in [-0.39, 0.29) is 12.3 Å². The van der Waals surface area contributed by atoms with E-state index in [9.17, 15) is 4.79 Å². The molecule has 1 unspecified atom stereocenters. The van der Waals surface area contributed by atoms with E-state index in [1.165, 1.54) is 11.5 Å². The third kappa shape index (κ3) is 2.31. The molecule has 3 nitrogen and oxygen atoms in total. The summed E-state index contributed by atoms with van der Waals surface area (Å²) in [6.45, 7) is 1.89. The Labute approximate surface area is 68.8 Å². The largest absolute Gasteiger partial charge is 0.481 e. The number of carboxylic acids is 1. The van der Waals surface area contributed by atoms with E-state index in [2.05, 4.69) is 4.37 Å². The zero-order valence-electron chi connectivity index (χ0n) is 6.15. The minimum Gasteiger partial charge on any atom is -0.481 e. The predicted molar refractivity (Wildman–Crippen MR) is 42.8 cm³/mol. The molecule has 0 spiro atoms. The fraction of sp³-hybridized carbons (Fsp3) is 0.429. The van der Waals surface area contributed by atoms with Crippen LogP contribution in [-0.4, -0.2) is 15.4 Å². The summed E-state index contributed by atoms with van der Waals surface area (Å²) < 4.78 is 3.90. The summed E-state index contributed by atoms with van der Waals surface area (Å²) in [4.78, 5) is 11.3. The average molecular weight is 171 g/mol. The Morgan fingerprint density at radius 2 is 2.64 bits per heavy atom. The van der Waals surface area contributed by atoms with Crippen molar-refractivity contribution in [3.63, 3.8) is 0 Å². The number of hydrogen-bond donors (Lipinski definition) is 1. The van der Waals surface area contributed by atoms with Crippen LogP contribution < -0.4 is 0 Å². The fourth-order valence-electron chi connectivity index (χ4n) is 0.842. The molecule has 1 N–H and O–H groups in total. The molecule has 0 saturated heterocycles. The normalized spacial score (nSPS) is 12.8. The van der Waals surface area contributed by atoms with E-state index in [4.69, 9.17) is 5.11 Å². The van der Waals surface area contributed by atoms with Crippen molar-refractivity contribution in [3.05, 3.63) is 17.1 Å². The van der Waals surface area contributed by atoms with Gasteiger partial charge in [-0.15, -0.1) is 0 Å². The SMILES string of the molecule is CC(CC(=O)O)c1ccns1. The molecule has 1 aromatic rings. The maximum absolute atomic E-state index is 10.3. The molecule has 1 atom stereocenters. The number of nitrogens with zero attached hydrogens (tertiary/aromatic N) is 1. The second kappa shape index (κ2) is 3.48. The van der Waals surface area contributed by atoms with Gasteiger partial charge in [-0.2, -0.15) is 0 Å². The highest BCUT2D eigenvalue weighted by molar-refractivity contribution is 7.05. The Bertz CT molecular complexity index is 233. The summed E-state index contributed by atoms with van der Waals surface area (Å²) >= 11 is 1.36. The third-order valence-corrected chi connectivity index (χ3v) is 2.40. The van der Waals surface area contributed by atoms with Crippen molar-refractivity contribution in [2.75, 3.05) is 0 Å². The van der Waals surface area contributed by atoms with Gasteiger partial charge in [-0.3, -0.25) is 4.79 Å². The maximum Gasteiger partial charge on any atom is 0.303 e. The van der Waals surface area contributed by atoms with Crippen LogP contribution in [0.15, 0.2) is 12.3 Å². The molecule has 11 heavy (non-hydrogen) atoms.